The van der Waals surface area contributed by atoms with Crippen LogP contribution in [0.2, 0.25) is 0 Å². The SMILES string of the molecule is Cc1ccccc1OCc1cc2ccc(F)cc2o1. The summed E-state index contributed by atoms with van der Waals surface area (Å²) in [4.78, 5) is 0. The fourth-order valence-corrected chi connectivity index (χ4v) is 2.00. The lowest BCUT2D eigenvalue weighted by atomic mass is 10.2. The molecule has 0 bridgehead atoms. The van der Waals surface area contributed by atoms with E-state index in [9.17, 15) is 4.39 Å². The highest BCUT2D eigenvalue weighted by Gasteiger charge is 2.06. The summed E-state index contributed by atoms with van der Waals surface area (Å²) in [5.74, 6) is 1.21. The van der Waals surface area contributed by atoms with Crippen LogP contribution in [0.3, 0.4) is 0 Å². The molecule has 2 nitrogen and oxygen atoms in total. The zero-order valence-electron chi connectivity index (χ0n) is 10.5. The van der Waals surface area contributed by atoms with Gasteiger partial charge in [0.2, 0.25) is 0 Å². The van der Waals surface area contributed by atoms with Gasteiger partial charge in [-0.25, -0.2) is 4.39 Å². The van der Waals surface area contributed by atoms with Crippen LogP contribution >= 0.6 is 0 Å². The highest BCUT2D eigenvalue weighted by atomic mass is 19.1. The van der Waals surface area contributed by atoms with Crippen LogP contribution in [0.1, 0.15) is 11.3 Å². The molecule has 96 valence electrons. The Hall–Kier alpha value is -2.29. The number of furan rings is 1. The standard InChI is InChI=1S/C16H13FO2/c1-11-4-2-3-5-15(11)18-10-14-8-12-6-7-13(17)9-16(12)19-14/h2-9H,10H2,1H3. The predicted molar refractivity (Wildman–Crippen MR) is 71.7 cm³/mol. The maximum atomic E-state index is 13.1. The van der Waals surface area contributed by atoms with Crippen LogP contribution in [0.5, 0.6) is 5.75 Å². The minimum Gasteiger partial charge on any atom is -0.485 e. The minimum absolute atomic E-state index is 0.298. The molecule has 0 atom stereocenters. The number of para-hydroxylation sites is 1. The third-order valence-electron chi connectivity index (χ3n) is 3.00. The molecule has 0 fully saturated rings. The van der Waals surface area contributed by atoms with Gasteiger partial charge in [0.25, 0.3) is 0 Å². The van der Waals surface area contributed by atoms with Crippen LogP contribution in [0, 0.1) is 12.7 Å². The summed E-state index contributed by atoms with van der Waals surface area (Å²) in [5, 5.41) is 0.879. The first-order valence-electron chi connectivity index (χ1n) is 6.09. The molecule has 1 aromatic heterocycles. The van der Waals surface area contributed by atoms with Gasteiger partial charge < -0.3 is 9.15 Å². The third-order valence-corrected chi connectivity index (χ3v) is 3.00. The van der Waals surface area contributed by atoms with E-state index in [1.165, 1.54) is 12.1 Å². The molecule has 0 saturated heterocycles. The minimum atomic E-state index is -0.298. The molecule has 0 aliphatic carbocycles. The molecule has 19 heavy (non-hydrogen) atoms. The molecule has 0 saturated carbocycles. The molecule has 3 aromatic rings. The highest BCUT2D eigenvalue weighted by Crippen LogP contribution is 2.23. The van der Waals surface area contributed by atoms with Crippen LogP contribution in [0.15, 0.2) is 52.9 Å². The fraction of sp³-hybridized carbons (Fsp3) is 0.125. The van der Waals surface area contributed by atoms with E-state index in [2.05, 4.69) is 0 Å². The molecule has 3 heteroatoms. The van der Waals surface area contributed by atoms with Gasteiger partial charge in [0.05, 0.1) is 0 Å². The number of fused-ring (bicyclic) bond motifs is 1. The first-order valence-corrected chi connectivity index (χ1v) is 6.09. The van der Waals surface area contributed by atoms with Crippen LogP contribution < -0.4 is 4.74 Å². The van der Waals surface area contributed by atoms with Crippen molar-refractivity contribution in [3.8, 4) is 5.75 Å². The Morgan fingerprint density at radius 2 is 1.95 bits per heavy atom. The van der Waals surface area contributed by atoms with Gasteiger partial charge in [0.15, 0.2) is 0 Å². The molecule has 3 rings (SSSR count). The van der Waals surface area contributed by atoms with Gasteiger partial charge in [-0.1, -0.05) is 18.2 Å². The van der Waals surface area contributed by atoms with Crippen molar-refractivity contribution in [3.05, 3.63) is 65.7 Å². The molecule has 0 aliphatic rings. The van der Waals surface area contributed by atoms with Crippen molar-refractivity contribution in [1.29, 1.82) is 0 Å². The fourth-order valence-electron chi connectivity index (χ4n) is 2.00. The zero-order chi connectivity index (χ0) is 13.2. The second-order valence-electron chi connectivity index (χ2n) is 4.45. The second kappa shape index (κ2) is 4.76. The summed E-state index contributed by atoms with van der Waals surface area (Å²) >= 11 is 0. The van der Waals surface area contributed by atoms with Gasteiger partial charge in [-0.2, -0.15) is 0 Å². The Morgan fingerprint density at radius 1 is 1.11 bits per heavy atom. The van der Waals surface area contributed by atoms with Gasteiger partial charge in [0.1, 0.15) is 29.5 Å². The summed E-state index contributed by atoms with van der Waals surface area (Å²) < 4.78 is 24.3. The normalized spacial score (nSPS) is 10.8. The largest absolute Gasteiger partial charge is 0.485 e. The molecule has 2 aromatic carbocycles. The third kappa shape index (κ3) is 2.45. The van der Waals surface area contributed by atoms with Crippen LogP contribution in [0.25, 0.3) is 11.0 Å². The molecule has 0 N–H and O–H groups in total. The van der Waals surface area contributed by atoms with E-state index in [0.29, 0.717) is 18.0 Å². The average Bonchev–Trinajstić information content (AvgIpc) is 2.79. The predicted octanol–water partition coefficient (Wildman–Crippen LogP) is 4.46. The van der Waals surface area contributed by atoms with Gasteiger partial charge in [-0.3, -0.25) is 0 Å². The van der Waals surface area contributed by atoms with Gasteiger partial charge in [-0.15, -0.1) is 0 Å². The Balaban J connectivity index is 1.80. The van der Waals surface area contributed by atoms with E-state index < -0.39 is 0 Å². The number of benzene rings is 2. The maximum Gasteiger partial charge on any atom is 0.146 e. The van der Waals surface area contributed by atoms with Gasteiger partial charge >= 0.3 is 0 Å². The van der Waals surface area contributed by atoms with E-state index >= 15 is 0 Å². The Bertz CT molecular complexity index is 716. The summed E-state index contributed by atoms with van der Waals surface area (Å²) in [6.07, 6.45) is 0. The number of rotatable bonds is 3. The summed E-state index contributed by atoms with van der Waals surface area (Å²) in [6.45, 7) is 2.32. The van der Waals surface area contributed by atoms with Crippen molar-refractivity contribution < 1.29 is 13.5 Å². The van der Waals surface area contributed by atoms with E-state index in [4.69, 9.17) is 9.15 Å². The van der Waals surface area contributed by atoms with Crippen molar-refractivity contribution in [3.63, 3.8) is 0 Å². The van der Waals surface area contributed by atoms with E-state index in [1.807, 2.05) is 37.3 Å². The van der Waals surface area contributed by atoms with E-state index in [-0.39, 0.29) is 5.82 Å². The average molecular weight is 256 g/mol. The van der Waals surface area contributed by atoms with Crippen molar-refractivity contribution in [2.45, 2.75) is 13.5 Å². The number of hydrogen-bond acceptors (Lipinski definition) is 2. The lowest BCUT2D eigenvalue weighted by Crippen LogP contribution is -1.95. The summed E-state index contributed by atoms with van der Waals surface area (Å²) in [7, 11) is 0. The van der Waals surface area contributed by atoms with E-state index in [0.717, 1.165) is 16.7 Å². The molecule has 1 heterocycles. The molecule has 0 radical (unpaired) electrons. The van der Waals surface area contributed by atoms with Crippen LogP contribution in [-0.4, -0.2) is 0 Å². The molecule has 0 unspecified atom stereocenters. The van der Waals surface area contributed by atoms with E-state index in [1.54, 1.807) is 6.07 Å². The monoisotopic (exact) mass is 256 g/mol. The summed E-state index contributed by atoms with van der Waals surface area (Å²) in [6, 6.07) is 14.2. The Labute approximate surface area is 110 Å². The van der Waals surface area contributed by atoms with Crippen molar-refractivity contribution in [2.24, 2.45) is 0 Å². The maximum absolute atomic E-state index is 13.1. The van der Waals surface area contributed by atoms with Crippen LogP contribution in [0.4, 0.5) is 4.39 Å². The smallest absolute Gasteiger partial charge is 0.146 e. The quantitative estimate of drug-likeness (QED) is 0.690. The summed E-state index contributed by atoms with van der Waals surface area (Å²) in [5.41, 5.74) is 1.62. The Morgan fingerprint density at radius 3 is 2.79 bits per heavy atom. The Kier molecular flexibility index (Phi) is 2.95. The molecular weight excluding hydrogens is 243 g/mol. The van der Waals surface area contributed by atoms with Crippen molar-refractivity contribution in [1.82, 2.24) is 0 Å². The van der Waals surface area contributed by atoms with Crippen LogP contribution in [-0.2, 0) is 6.61 Å². The first-order chi connectivity index (χ1) is 9.22. The number of ether oxygens (including phenoxy) is 1. The number of halogens is 1. The number of aryl methyl sites for hydroxylation is 1. The molecule has 0 amide bonds. The van der Waals surface area contributed by atoms with Gasteiger partial charge in [0, 0.05) is 11.5 Å². The molecular formula is C16H13FO2. The topological polar surface area (TPSA) is 22.4 Å². The lowest BCUT2D eigenvalue weighted by molar-refractivity contribution is 0.273. The van der Waals surface area contributed by atoms with Gasteiger partial charge in [-0.05, 0) is 36.8 Å². The second-order valence-corrected chi connectivity index (χ2v) is 4.45. The molecule has 0 spiro atoms. The van der Waals surface area contributed by atoms with Crippen molar-refractivity contribution in [2.75, 3.05) is 0 Å². The van der Waals surface area contributed by atoms with Crippen molar-refractivity contribution >= 4 is 11.0 Å². The first kappa shape index (κ1) is 11.8. The lowest BCUT2D eigenvalue weighted by Gasteiger charge is -2.06. The molecule has 0 aliphatic heterocycles. The zero-order valence-corrected chi connectivity index (χ0v) is 10.5. The highest BCUT2D eigenvalue weighted by molar-refractivity contribution is 5.77. The number of hydrogen-bond donors (Lipinski definition) is 0.